The Labute approximate surface area is 132 Å². The summed E-state index contributed by atoms with van der Waals surface area (Å²) in [5.74, 6) is 0.728. The second-order valence-electron chi connectivity index (χ2n) is 7.91. The van der Waals surface area contributed by atoms with Crippen LogP contribution < -0.4 is 4.90 Å². The third-order valence-corrected chi connectivity index (χ3v) is 5.51. The summed E-state index contributed by atoms with van der Waals surface area (Å²) < 4.78 is 2.30. The lowest BCUT2D eigenvalue weighted by molar-refractivity contribution is 0.549. The number of benzene rings is 1. The summed E-state index contributed by atoms with van der Waals surface area (Å²) in [4.78, 5) is 7.04. The minimum absolute atomic E-state index is 0.269. The lowest BCUT2D eigenvalue weighted by Crippen LogP contribution is -2.30. The first-order valence-electron chi connectivity index (χ1n) is 8.57. The maximum absolute atomic E-state index is 4.40. The number of nitrogens with zero attached hydrogens (tertiary/aromatic N) is 3. The quantitative estimate of drug-likeness (QED) is 0.852. The fraction of sp³-hybridized carbons (Fsp3) is 0.526. The minimum atomic E-state index is 0.269. The first kappa shape index (κ1) is 12.7. The van der Waals surface area contributed by atoms with Crippen LogP contribution in [0.5, 0.6) is 0 Å². The molecule has 0 unspecified atom stereocenters. The number of fused-ring (bicyclic) bond motifs is 1. The van der Waals surface area contributed by atoms with Crippen molar-refractivity contribution in [1.29, 1.82) is 0 Å². The first-order valence-corrected chi connectivity index (χ1v) is 8.57. The Hall–Kier alpha value is -1.77. The van der Waals surface area contributed by atoms with Crippen molar-refractivity contribution in [3.05, 3.63) is 42.0 Å². The molecule has 2 heterocycles. The van der Waals surface area contributed by atoms with Crippen LogP contribution in [0.15, 0.2) is 30.7 Å². The number of hydrogen-bond acceptors (Lipinski definition) is 2. The van der Waals surface area contributed by atoms with E-state index in [1.54, 1.807) is 0 Å². The predicted octanol–water partition coefficient (Wildman–Crippen LogP) is 4.01. The van der Waals surface area contributed by atoms with Gasteiger partial charge in [0.05, 0.1) is 6.33 Å². The summed E-state index contributed by atoms with van der Waals surface area (Å²) in [6.45, 7) is 5.91. The predicted molar refractivity (Wildman–Crippen MR) is 88.9 cm³/mol. The van der Waals surface area contributed by atoms with Gasteiger partial charge in [-0.15, -0.1) is 0 Å². The van der Waals surface area contributed by atoms with E-state index < -0.39 is 0 Å². The van der Waals surface area contributed by atoms with Gasteiger partial charge in [-0.2, -0.15) is 0 Å². The zero-order valence-corrected chi connectivity index (χ0v) is 13.4. The number of anilines is 1. The molecule has 0 amide bonds. The van der Waals surface area contributed by atoms with E-state index >= 15 is 0 Å². The van der Waals surface area contributed by atoms with Gasteiger partial charge in [-0.3, -0.25) is 0 Å². The molecule has 3 nitrogen and oxygen atoms in total. The summed E-state index contributed by atoms with van der Waals surface area (Å²) >= 11 is 0. The minimum Gasteiger partial charge on any atom is -0.367 e. The lowest BCUT2D eigenvalue weighted by atomic mass is 9.87. The van der Waals surface area contributed by atoms with E-state index in [0.29, 0.717) is 0 Å². The van der Waals surface area contributed by atoms with E-state index in [2.05, 4.69) is 46.5 Å². The largest absolute Gasteiger partial charge is 0.367 e. The lowest BCUT2D eigenvalue weighted by Gasteiger charge is -2.22. The molecular weight excluding hydrogens is 270 g/mol. The Morgan fingerprint density at radius 1 is 1.14 bits per heavy atom. The van der Waals surface area contributed by atoms with E-state index in [4.69, 9.17) is 0 Å². The second kappa shape index (κ2) is 4.15. The van der Waals surface area contributed by atoms with E-state index in [0.717, 1.165) is 18.5 Å². The average Bonchev–Trinajstić information content (AvgIpc) is 3.43. The van der Waals surface area contributed by atoms with Crippen LogP contribution in [0.25, 0.3) is 5.69 Å². The van der Waals surface area contributed by atoms with Gasteiger partial charge < -0.3 is 9.47 Å². The molecule has 0 bridgehead atoms. The highest BCUT2D eigenvalue weighted by Gasteiger charge is 2.41. The molecule has 114 valence electrons. The smallest absolute Gasteiger partial charge is 0.0994 e. The van der Waals surface area contributed by atoms with E-state index in [9.17, 15) is 0 Å². The van der Waals surface area contributed by atoms with E-state index in [1.165, 1.54) is 48.3 Å². The average molecular weight is 293 g/mol. The Morgan fingerprint density at radius 3 is 2.68 bits per heavy atom. The van der Waals surface area contributed by atoms with Crippen LogP contribution in [0.4, 0.5) is 5.69 Å². The highest BCUT2D eigenvalue weighted by atomic mass is 15.2. The van der Waals surface area contributed by atoms with Gasteiger partial charge >= 0.3 is 0 Å². The molecule has 2 aliphatic carbocycles. The maximum Gasteiger partial charge on any atom is 0.0994 e. The molecule has 3 heteroatoms. The van der Waals surface area contributed by atoms with Crippen LogP contribution in [-0.4, -0.2) is 22.1 Å². The van der Waals surface area contributed by atoms with Gasteiger partial charge in [0.15, 0.2) is 0 Å². The summed E-state index contributed by atoms with van der Waals surface area (Å²) in [5.41, 5.74) is 5.90. The fourth-order valence-corrected chi connectivity index (χ4v) is 3.99. The third-order valence-electron chi connectivity index (χ3n) is 5.51. The molecule has 5 rings (SSSR count). The van der Waals surface area contributed by atoms with Crippen molar-refractivity contribution in [2.45, 2.75) is 56.9 Å². The van der Waals surface area contributed by atoms with Crippen molar-refractivity contribution in [2.24, 2.45) is 0 Å². The molecule has 0 saturated heterocycles. The van der Waals surface area contributed by atoms with Gasteiger partial charge in [0, 0.05) is 47.2 Å². The monoisotopic (exact) mass is 293 g/mol. The number of imidazole rings is 1. The van der Waals surface area contributed by atoms with Gasteiger partial charge in [-0.25, -0.2) is 4.98 Å². The van der Waals surface area contributed by atoms with Gasteiger partial charge in [-0.1, -0.05) is 19.9 Å². The first-order chi connectivity index (χ1) is 10.6. The highest BCUT2D eigenvalue weighted by molar-refractivity contribution is 5.67. The number of hydrogen-bond donors (Lipinski definition) is 0. The molecule has 1 aromatic heterocycles. The molecule has 2 saturated carbocycles. The fourth-order valence-electron chi connectivity index (χ4n) is 3.99. The van der Waals surface area contributed by atoms with Crippen molar-refractivity contribution >= 4 is 5.69 Å². The van der Waals surface area contributed by atoms with Gasteiger partial charge in [0.25, 0.3) is 0 Å². The summed E-state index contributed by atoms with van der Waals surface area (Å²) in [5, 5.41) is 0. The molecule has 1 aliphatic heterocycles. The molecule has 3 aliphatic rings. The molecule has 2 fully saturated rings. The summed E-state index contributed by atoms with van der Waals surface area (Å²) in [7, 11) is 0. The van der Waals surface area contributed by atoms with E-state index in [-0.39, 0.29) is 5.41 Å². The van der Waals surface area contributed by atoms with Crippen molar-refractivity contribution in [3.8, 4) is 5.69 Å². The van der Waals surface area contributed by atoms with Gasteiger partial charge in [0.1, 0.15) is 0 Å². The van der Waals surface area contributed by atoms with Gasteiger partial charge in [-0.05, 0) is 43.4 Å². The van der Waals surface area contributed by atoms with Crippen LogP contribution in [0.2, 0.25) is 0 Å². The van der Waals surface area contributed by atoms with Crippen molar-refractivity contribution in [2.75, 3.05) is 11.4 Å². The maximum atomic E-state index is 4.40. The molecule has 2 aromatic rings. The van der Waals surface area contributed by atoms with E-state index in [1.807, 2.05) is 12.5 Å². The number of rotatable bonds is 3. The topological polar surface area (TPSA) is 21.1 Å². The highest BCUT2D eigenvalue weighted by Crippen LogP contribution is 2.47. The summed E-state index contributed by atoms with van der Waals surface area (Å²) in [6, 6.07) is 7.81. The van der Waals surface area contributed by atoms with Gasteiger partial charge in [0.2, 0.25) is 0 Å². The SMILES string of the molecule is CC1(C)CN(C2CC2)c2cc(-n3cncc3C3CC3)ccc21. The van der Waals surface area contributed by atoms with Crippen LogP contribution in [0, 0.1) is 0 Å². The molecule has 0 atom stereocenters. The standard InChI is InChI=1S/C19H23N3/c1-19(2)11-21(14-5-6-14)17-9-15(7-8-16(17)19)22-12-20-10-18(22)13-3-4-13/h7-10,12-14H,3-6,11H2,1-2H3. The molecule has 22 heavy (non-hydrogen) atoms. The Kier molecular flexibility index (Phi) is 2.41. The van der Waals surface area contributed by atoms with Crippen LogP contribution in [0.3, 0.4) is 0 Å². The van der Waals surface area contributed by atoms with Crippen LogP contribution >= 0.6 is 0 Å². The van der Waals surface area contributed by atoms with Crippen molar-refractivity contribution in [1.82, 2.24) is 9.55 Å². The molecular formula is C19H23N3. The van der Waals surface area contributed by atoms with Crippen molar-refractivity contribution < 1.29 is 0 Å². The Balaban J connectivity index is 1.61. The summed E-state index contributed by atoms with van der Waals surface area (Å²) in [6.07, 6.45) is 9.39. The normalized spacial score (nSPS) is 22.9. The number of aromatic nitrogens is 2. The van der Waals surface area contributed by atoms with Crippen molar-refractivity contribution in [3.63, 3.8) is 0 Å². The molecule has 0 radical (unpaired) electrons. The Morgan fingerprint density at radius 2 is 1.95 bits per heavy atom. The van der Waals surface area contributed by atoms with Crippen LogP contribution in [-0.2, 0) is 5.41 Å². The van der Waals surface area contributed by atoms with Crippen LogP contribution in [0.1, 0.15) is 56.7 Å². The molecule has 1 aromatic carbocycles. The Bertz CT molecular complexity index is 735. The zero-order valence-electron chi connectivity index (χ0n) is 13.4. The third kappa shape index (κ3) is 1.84. The molecule has 0 spiro atoms. The molecule has 0 N–H and O–H groups in total. The zero-order chi connectivity index (χ0) is 14.9. The second-order valence-corrected chi connectivity index (χ2v) is 7.91.